The van der Waals surface area contributed by atoms with Crippen molar-refractivity contribution in [3.8, 4) is 11.5 Å². The van der Waals surface area contributed by atoms with Gasteiger partial charge in [-0.2, -0.15) is 8.78 Å². The van der Waals surface area contributed by atoms with Gasteiger partial charge in [0.05, 0.1) is 13.2 Å². The molecule has 0 radical (unpaired) electrons. The second-order valence-electron chi connectivity index (χ2n) is 7.21. The molecule has 1 aromatic heterocycles. The van der Waals surface area contributed by atoms with Gasteiger partial charge in [0, 0.05) is 22.9 Å². The molecule has 0 aliphatic heterocycles. The van der Waals surface area contributed by atoms with E-state index in [4.69, 9.17) is 19.1 Å². The fourth-order valence-corrected chi connectivity index (χ4v) is 4.13. The van der Waals surface area contributed by atoms with Crippen molar-refractivity contribution >= 4 is 29.5 Å². The minimum atomic E-state index is -3.88. The van der Waals surface area contributed by atoms with Crippen molar-refractivity contribution < 1.29 is 37.3 Å². The van der Waals surface area contributed by atoms with Crippen LogP contribution in [0.5, 0.6) is 11.5 Å². The number of ether oxygens (including phenoxy) is 2. The van der Waals surface area contributed by atoms with Crippen LogP contribution in [0.3, 0.4) is 0 Å². The summed E-state index contributed by atoms with van der Waals surface area (Å²) in [6, 6.07) is 6.07. The molecule has 0 spiro atoms. The highest BCUT2D eigenvalue weighted by Crippen LogP contribution is 2.39. The van der Waals surface area contributed by atoms with Crippen LogP contribution in [0.15, 0.2) is 28.7 Å². The van der Waals surface area contributed by atoms with Crippen LogP contribution in [0.2, 0.25) is 0 Å². The maximum atomic E-state index is 14.9. The Labute approximate surface area is 172 Å². The predicted molar refractivity (Wildman–Crippen MR) is 108 cm³/mol. The highest BCUT2D eigenvalue weighted by atomic mass is 31.2. The van der Waals surface area contributed by atoms with Crippen LogP contribution in [-0.4, -0.2) is 29.5 Å². The number of furan rings is 1. The molecular weight excluding hydrogens is 419 g/mol. The van der Waals surface area contributed by atoms with Crippen molar-refractivity contribution in [3.63, 3.8) is 0 Å². The van der Waals surface area contributed by atoms with E-state index in [0.29, 0.717) is 17.4 Å². The van der Waals surface area contributed by atoms with E-state index in [0.717, 1.165) is 12.8 Å². The number of hydrogen-bond acceptors (Lipinski definition) is 5. The lowest BCUT2D eigenvalue weighted by atomic mass is 10.1. The molecule has 30 heavy (non-hydrogen) atoms. The van der Waals surface area contributed by atoms with E-state index in [9.17, 15) is 18.2 Å². The van der Waals surface area contributed by atoms with Crippen molar-refractivity contribution in [2.75, 3.05) is 19.4 Å². The Hall–Kier alpha value is -2.19. The maximum Gasteiger partial charge on any atom is 0.289 e. The molecule has 0 bridgehead atoms. The van der Waals surface area contributed by atoms with Crippen LogP contribution in [-0.2, 0) is 4.57 Å². The van der Waals surface area contributed by atoms with Gasteiger partial charge in [-0.05, 0) is 30.7 Å². The van der Waals surface area contributed by atoms with Crippen LogP contribution in [0, 0.1) is 17.6 Å². The summed E-state index contributed by atoms with van der Waals surface area (Å²) in [5.41, 5.74) is -0.247. The molecule has 10 heteroatoms. The molecule has 164 valence electrons. The molecule has 2 atom stereocenters. The summed E-state index contributed by atoms with van der Waals surface area (Å²) < 4.78 is 57.5. The number of fused-ring (bicyclic) bond motifs is 3. The molecule has 0 saturated carbocycles. The zero-order chi connectivity index (χ0) is 21.9. The minimum Gasteiger partial charge on any atom is -0.490 e. The molecular formula is C20H24F2NO6P. The van der Waals surface area contributed by atoms with Crippen molar-refractivity contribution in [1.29, 1.82) is 0 Å². The first-order valence-electron chi connectivity index (χ1n) is 9.59. The highest BCUT2D eigenvalue weighted by Gasteiger charge is 2.23. The van der Waals surface area contributed by atoms with Gasteiger partial charge >= 0.3 is 0 Å². The van der Waals surface area contributed by atoms with Gasteiger partial charge in [-0.15, -0.1) is 5.25 Å². The molecule has 3 aromatic rings. The van der Waals surface area contributed by atoms with Gasteiger partial charge in [0.2, 0.25) is 11.6 Å². The lowest BCUT2D eigenvalue weighted by molar-refractivity contribution is 0.215. The Morgan fingerprint density at radius 1 is 1.10 bits per heavy atom. The van der Waals surface area contributed by atoms with Crippen LogP contribution >= 0.6 is 7.52 Å². The van der Waals surface area contributed by atoms with Gasteiger partial charge in [0.15, 0.2) is 22.7 Å². The third-order valence-electron chi connectivity index (χ3n) is 4.61. The molecule has 3 N–H and O–H groups in total. The molecule has 3 rings (SSSR count). The number of hydrogen-bond donors (Lipinski definition) is 3. The molecule has 0 saturated heterocycles. The molecule has 2 aromatic carbocycles. The van der Waals surface area contributed by atoms with Crippen molar-refractivity contribution in [1.82, 2.24) is 5.25 Å². The summed E-state index contributed by atoms with van der Waals surface area (Å²) in [5.74, 6) is -2.02. The summed E-state index contributed by atoms with van der Waals surface area (Å²) in [7, 11) is -3.88. The Morgan fingerprint density at radius 3 is 2.20 bits per heavy atom. The summed E-state index contributed by atoms with van der Waals surface area (Å²) in [6.45, 7) is 3.92. The number of nitrogens with one attached hydrogen (secondary N) is 1. The van der Waals surface area contributed by atoms with Crippen LogP contribution < -0.4 is 14.7 Å². The Bertz CT molecular complexity index is 1090. The van der Waals surface area contributed by atoms with Crippen molar-refractivity contribution in [2.45, 2.75) is 26.7 Å². The Kier molecular flexibility index (Phi) is 6.98. The summed E-state index contributed by atoms with van der Waals surface area (Å²) in [6.07, 6.45) is 1.43. The maximum absolute atomic E-state index is 14.9. The molecule has 7 nitrogen and oxygen atoms in total. The van der Waals surface area contributed by atoms with E-state index in [1.165, 1.54) is 17.4 Å². The van der Waals surface area contributed by atoms with E-state index in [1.807, 2.05) is 6.92 Å². The first-order valence-corrected chi connectivity index (χ1v) is 11.4. The zero-order valence-corrected chi connectivity index (χ0v) is 17.5. The lowest BCUT2D eigenvalue weighted by Gasteiger charge is -2.16. The quantitative estimate of drug-likeness (QED) is 0.224. The van der Waals surface area contributed by atoms with E-state index >= 15 is 0 Å². The fraction of sp³-hybridized carbons (Fsp3) is 0.400. The second kappa shape index (κ2) is 9.31. The molecule has 0 amide bonds. The highest BCUT2D eigenvalue weighted by molar-refractivity contribution is 7.55. The molecule has 0 aliphatic carbocycles. The van der Waals surface area contributed by atoms with Gasteiger partial charge in [-0.3, -0.25) is 4.57 Å². The van der Waals surface area contributed by atoms with E-state index in [2.05, 4.69) is 0 Å². The normalized spacial score (nSPS) is 14.7. The van der Waals surface area contributed by atoms with Crippen molar-refractivity contribution in [2.24, 2.45) is 5.92 Å². The third-order valence-corrected chi connectivity index (χ3v) is 6.04. The van der Waals surface area contributed by atoms with E-state index < -0.39 is 25.1 Å². The second-order valence-corrected chi connectivity index (χ2v) is 9.18. The van der Waals surface area contributed by atoms with Gasteiger partial charge in [0.1, 0.15) is 0 Å². The average Bonchev–Trinajstić information content (AvgIpc) is 3.09. The first kappa shape index (κ1) is 22.5. The van der Waals surface area contributed by atoms with E-state index in [1.54, 1.807) is 19.1 Å². The summed E-state index contributed by atoms with van der Waals surface area (Å²) >= 11 is 0. The van der Waals surface area contributed by atoms with Gasteiger partial charge in [-0.1, -0.05) is 20.3 Å². The largest absolute Gasteiger partial charge is 0.490 e. The topological polar surface area (TPSA) is 101 Å². The number of benzene rings is 2. The zero-order valence-electron chi connectivity index (χ0n) is 16.7. The lowest BCUT2D eigenvalue weighted by Crippen LogP contribution is -2.17. The number of unbranched alkanes of at least 4 members (excludes halogenated alkanes) is 1. The Morgan fingerprint density at radius 2 is 1.67 bits per heavy atom. The number of halogens is 2. The molecule has 0 fully saturated rings. The SMILES string of the molecule is CCCCOc1ccc2c(oc3c(F)c(OC[C@H](C)CP(=O)(O)NO)ccc32)c1F. The van der Waals surface area contributed by atoms with Crippen LogP contribution in [0.25, 0.3) is 21.9 Å². The van der Waals surface area contributed by atoms with Gasteiger partial charge in [0.25, 0.3) is 7.52 Å². The van der Waals surface area contributed by atoms with E-state index in [-0.39, 0.29) is 35.4 Å². The first-order chi connectivity index (χ1) is 14.3. The standard InChI is InChI=1S/C20H24F2NO6P/c1-3-4-9-27-15-7-5-13-14-6-8-16(18(22)20(14)29-19(13)17(15)21)28-10-12(2)11-30(25,26)23-24/h5-8,12,24H,3-4,9-11H2,1-2H3,(H2,23,25,26)/t12-/m0/s1. The Balaban J connectivity index is 1.85. The van der Waals surface area contributed by atoms with Gasteiger partial charge < -0.3 is 24.0 Å². The smallest absolute Gasteiger partial charge is 0.289 e. The average molecular weight is 443 g/mol. The number of rotatable bonds is 10. The summed E-state index contributed by atoms with van der Waals surface area (Å²) in [5, 5.41) is 10.8. The molecule has 1 heterocycles. The van der Waals surface area contributed by atoms with Crippen molar-refractivity contribution in [3.05, 3.63) is 35.9 Å². The predicted octanol–water partition coefficient (Wildman–Crippen LogP) is 5.22. The summed E-state index contributed by atoms with van der Waals surface area (Å²) in [4.78, 5) is 9.39. The van der Waals surface area contributed by atoms with Gasteiger partial charge in [-0.25, -0.2) is 0 Å². The van der Waals surface area contributed by atoms with Crippen LogP contribution in [0.1, 0.15) is 26.7 Å². The monoisotopic (exact) mass is 443 g/mol. The fourth-order valence-electron chi connectivity index (χ4n) is 3.10. The third kappa shape index (κ3) is 4.75. The molecule has 1 unspecified atom stereocenters. The van der Waals surface area contributed by atoms with Crippen LogP contribution in [0.4, 0.5) is 8.78 Å². The molecule has 0 aliphatic rings. The minimum absolute atomic E-state index is 0.0478.